The smallest absolute Gasteiger partial charge is 0.254 e. The molecule has 18 heavy (non-hydrogen) atoms. The van der Waals surface area contributed by atoms with Crippen molar-refractivity contribution in [3.63, 3.8) is 0 Å². The third-order valence-electron chi connectivity index (χ3n) is 2.10. The van der Waals surface area contributed by atoms with E-state index in [-0.39, 0.29) is 5.91 Å². The van der Waals surface area contributed by atoms with Crippen molar-refractivity contribution in [1.29, 1.82) is 0 Å². The zero-order chi connectivity index (χ0) is 13.2. The van der Waals surface area contributed by atoms with Crippen LogP contribution in [0.15, 0.2) is 12.4 Å². The van der Waals surface area contributed by atoms with Crippen molar-refractivity contribution in [1.82, 2.24) is 15.3 Å². The van der Waals surface area contributed by atoms with Gasteiger partial charge in [-0.2, -0.15) is 0 Å². The molecule has 7 heteroatoms. The number of rotatable bonds is 8. The summed E-state index contributed by atoms with van der Waals surface area (Å²) < 4.78 is 9.72. The van der Waals surface area contributed by atoms with E-state index in [4.69, 9.17) is 9.47 Å². The minimum atomic E-state index is -0.213. The number of amides is 1. The van der Waals surface area contributed by atoms with Crippen LogP contribution < -0.4 is 10.6 Å². The van der Waals surface area contributed by atoms with Gasteiger partial charge in [-0.1, -0.05) is 0 Å². The molecule has 0 saturated heterocycles. The van der Waals surface area contributed by atoms with E-state index in [9.17, 15) is 4.79 Å². The molecule has 0 unspecified atom stereocenters. The highest BCUT2D eigenvalue weighted by atomic mass is 16.5. The Hall–Kier alpha value is -1.73. The SMILES string of the molecule is COCCNC(=O)c1cnc(NCCOC)nc1. The van der Waals surface area contributed by atoms with Gasteiger partial charge in [-0.05, 0) is 0 Å². The van der Waals surface area contributed by atoms with E-state index in [0.29, 0.717) is 37.8 Å². The Morgan fingerprint density at radius 1 is 1.17 bits per heavy atom. The van der Waals surface area contributed by atoms with Crippen molar-refractivity contribution >= 4 is 11.9 Å². The Bertz CT molecular complexity index is 356. The second-order valence-electron chi connectivity index (χ2n) is 3.46. The van der Waals surface area contributed by atoms with Crippen molar-refractivity contribution in [2.75, 3.05) is 45.8 Å². The summed E-state index contributed by atoms with van der Waals surface area (Å²) in [6, 6.07) is 0. The predicted octanol–water partition coefficient (Wildman–Crippen LogP) is -0.0889. The van der Waals surface area contributed by atoms with Gasteiger partial charge < -0.3 is 20.1 Å². The summed E-state index contributed by atoms with van der Waals surface area (Å²) in [6.07, 6.45) is 2.95. The third-order valence-corrected chi connectivity index (χ3v) is 2.10. The van der Waals surface area contributed by atoms with Crippen LogP contribution in [-0.4, -0.2) is 56.4 Å². The Kier molecular flexibility index (Phi) is 6.67. The molecule has 1 rings (SSSR count). The molecule has 0 aliphatic heterocycles. The molecule has 0 aromatic carbocycles. The number of nitrogens with one attached hydrogen (secondary N) is 2. The first kappa shape index (κ1) is 14.3. The van der Waals surface area contributed by atoms with Crippen molar-refractivity contribution in [2.45, 2.75) is 0 Å². The quantitative estimate of drug-likeness (QED) is 0.631. The van der Waals surface area contributed by atoms with Gasteiger partial charge in [0.2, 0.25) is 5.95 Å². The summed E-state index contributed by atoms with van der Waals surface area (Å²) in [5, 5.41) is 5.65. The molecule has 1 amide bonds. The highest BCUT2D eigenvalue weighted by molar-refractivity contribution is 5.93. The number of methoxy groups -OCH3 is 2. The summed E-state index contributed by atoms with van der Waals surface area (Å²) in [5.74, 6) is 0.260. The third kappa shape index (κ3) is 5.07. The lowest BCUT2D eigenvalue weighted by Crippen LogP contribution is -2.27. The van der Waals surface area contributed by atoms with Gasteiger partial charge in [0.15, 0.2) is 0 Å². The van der Waals surface area contributed by atoms with E-state index in [1.807, 2.05) is 0 Å². The normalized spacial score (nSPS) is 10.1. The summed E-state index contributed by atoms with van der Waals surface area (Å²) in [6.45, 7) is 2.13. The monoisotopic (exact) mass is 254 g/mol. The first-order chi connectivity index (χ1) is 8.77. The van der Waals surface area contributed by atoms with Gasteiger partial charge in [-0.25, -0.2) is 9.97 Å². The van der Waals surface area contributed by atoms with E-state index in [2.05, 4.69) is 20.6 Å². The van der Waals surface area contributed by atoms with Crippen molar-refractivity contribution < 1.29 is 14.3 Å². The molecular weight excluding hydrogens is 236 g/mol. The molecule has 0 aliphatic carbocycles. The fourth-order valence-electron chi connectivity index (χ4n) is 1.17. The molecule has 0 spiro atoms. The van der Waals surface area contributed by atoms with Gasteiger partial charge in [-0.15, -0.1) is 0 Å². The molecular formula is C11H18N4O3. The molecule has 100 valence electrons. The van der Waals surface area contributed by atoms with E-state index in [1.165, 1.54) is 12.4 Å². The number of hydrogen-bond acceptors (Lipinski definition) is 6. The first-order valence-corrected chi connectivity index (χ1v) is 5.60. The topological polar surface area (TPSA) is 85.4 Å². The minimum Gasteiger partial charge on any atom is -0.383 e. The van der Waals surface area contributed by atoms with Crippen LogP contribution in [0.4, 0.5) is 5.95 Å². The Balaban J connectivity index is 2.41. The van der Waals surface area contributed by atoms with E-state index < -0.39 is 0 Å². The Morgan fingerprint density at radius 2 is 1.78 bits per heavy atom. The second kappa shape index (κ2) is 8.37. The van der Waals surface area contributed by atoms with Gasteiger partial charge in [-0.3, -0.25) is 4.79 Å². The summed E-state index contributed by atoms with van der Waals surface area (Å²) >= 11 is 0. The van der Waals surface area contributed by atoms with Crippen LogP contribution in [0.1, 0.15) is 10.4 Å². The van der Waals surface area contributed by atoms with Crippen LogP contribution >= 0.6 is 0 Å². The van der Waals surface area contributed by atoms with Crippen LogP contribution in [0.2, 0.25) is 0 Å². The second-order valence-corrected chi connectivity index (χ2v) is 3.46. The van der Waals surface area contributed by atoms with Gasteiger partial charge in [0.1, 0.15) is 0 Å². The fraction of sp³-hybridized carbons (Fsp3) is 0.545. The van der Waals surface area contributed by atoms with Gasteiger partial charge in [0.25, 0.3) is 5.91 Å². The lowest BCUT2D eigenvalue weighted by Gasteiger charge is -2.05. The highest BCUT2D eigenvalue weighted by Gasteiger charge is 2.05. The molecule has 1 heterocycles. The van der Waals surface area contributed by atoms with Gasteiger partial charge in [0.05, 0.1) is 18.8 Å². The largest absolute Gasteiger partial charge is 0.383 e. The average Bonchev–Trinajstić information content (AvgIpc) is 2.40. The Morgan fingerprint density at radius 3 is 2.39 bits per heavy atom. The molecule has 7 nitrogen and oxygen atoms in total. The number of carbonyl (C=O) groups is 1. The number of hydrogen-bond donors (Lipinski definition) is 2. The molecule has 2 N–H and O–H groups in total. The summed E-state index contributed by atoms with van der Waals surface area (Å²) in [4.78, 5) is 19.7. The zero-order valence-corrected chi connectivity index (χ0v) is 10.6. The maximum Gasteiger partial charge on any atom is 0.254 e. The lowest BCUT2D eigenvalue weighted by atomic mass is 10.3. The van der Waals surface area contributed by atoms with Crippen molar-refractivity contribution in [2.24, 2.45) is 0 Å². The average molecular weight is 254 g/mol. The molecule has 0 bridgehead atoms. The van der Waals surface area contributed by atoms with Crippen LogP contribution in [0.5, 0.6) is 0 Å². The molecule has 0 fully saturated rings. The number of nitrogens with zero attached hydrogens (tertiary/aromatic N) is 2. The minimum absolute atomic E-state index is 0.213. The van der Waals surface area contributed by atoms with Crippen LogP contribution in [0.3, 0.4) is 0 Å². The molecule has 0 aliphatic rings. The standard InChI is InChI=1S/C11H18N4O3/c1-17-5-3-12-10(16)9-7-14-11(15-8-9)13-4-6-18-2/h7-8H,3-6H2,1-2H3,(H,12,16)(H,13,14,15). The number of ether oxygens (including phenoxy) is 2. The maximum absolute atomic E-state index is 11.6. The van der Waals surface area contributed by atoms with Crippen molar-refractivity contribution in [3.8, 4) is 0 Å². The number of carbonyl (C=O) groups excluding carboxylic acids is 1. The molecule has 0 radical (unpaired) electrons. The molecule has 1 aromatic rings. The van der Waals surface area contributed by atoms with E-state index >= 15 is 0 Å². The molecule has 1 aromatic heterocycles. The molecule has 0 saturated carbocycles. The summed E-state index contributed by atoms with van der Waals surface area (Å²) in [7, 11) is 3.20. The van der Waals surface area contributed by atoms with Gasteiger partial charge in [0, 0.05) is 39.7 Å². The van der Waals surface area contributed by atoms with Crippen LogP contribution in [0, 0.1) is 0 Å². The summed E-state index contributed by atoms with van der Waals surface area (Å²) in [5.41, 5.74) is 0.420. The predicted molar refractivity (Wildman–Crippen MR) is 66.6 cm³/mol. The maximum atomic E-state index is 11.6. The zero-order valence-electron chi connectivity index (χ0n) is 10.6. The fourth-order valence-corrected chi connectivity index (χ4v) is 1.17. The number of anilines is 1. The number of aromatic nitrogens is 2. The van der Waals surface area contributed by atoms with Crippen LogP contribution in [-0.2, 0) is 9.47 Å². The van der Waals surface area contributed by atoms with E-state index in [0.717, 1.165) is 0 Å². The van der Waals surface area contributed by atoms with Gasteiger partial charge >= 0.3 is 0 Å². The van der Waals surface area contributed by atoms with Crippen molar-refractivity contribution in [3.05, 3.63) is 18.0 Å². The lowest BCUT2D eigenvalue weighted by molar-refractivity contribution is 0.0936. The highest BCUT2D eigenvalue weighted by Crippen LogP contribution is 1.99. The first-order valence-electron chi connectivity index (χ1n) is 5.60. The Labute approximate surface area is 106 Å². The van der Waals surface area contributed by atoms with Crippen LogP contribution in [0.25, 0.3) is 0 Å². The van der Waals surface area contributed by atoms with E-state index in [1.54, 1.807) is 14.2 Å². The molecule has 0 atom stereocenters.